The van der Waals surface area contributed by atoms with Crippen molar-refractivity contribution in [2.75, 3.05) is 0 Å². The zero-order chi connectivity index (χ0) is 11.5. The highest BCUT2D eigenvalue weighted by molar-refractivity contribution is 9.10. The van der Waals surface area contributed by atoms with E-state index in [-0.39, 0.29) is 0 Å². The van der Waals surface area contributed by atoms with E-state index in [4.69, 9.17) is 0 Å². The van der Waals surface area contributed by atoms with Crippen LogP contribution in [0.25, 0.3) is 0 Å². The van der Waals surface area contributed by atoms with Crippen molar-refractivity contribution in [3.63, 3.8) is 0 Å². The molecule has 0 fully saturated rings. The highest BCUT2D eigenvalue weighted by Gasteiger charge is 2.05. The first-order valence-corrected chi connectivity index (χ1v) is 5.72. The first-order valence-electron chi connectivity index (χ1n) is 4.92. The Kier molecular flexibility index (Phi) is 3.19. The minimum atomic E-state index is 0.650. The van der Waals surface area contributed by atoms with Crippen molar-refractivity contribution < 1.29 is 4.79 Å². The van der Waals surface area contributed by atoms with E-state index in [9.17, 15) is 4.79 Å². The van der Waals surface area contributed by atoms with Gasteiger partial charge in [-0.1, -0.05) is 28.1 Å². The Bertz CT molecular complexity index is 502. The molecule has 0 radical (unpaired) electrons. The van der Waals surface area contributed by atoms with E-state index in [1.165, 1.54) is 0 Å². The van der Waals surface area contributed by atoms with Crippen LogP contribution >= 0.6 is 15.9 Å². The molecular formula is C12H11BrN2O. The Labute approximate surface area is 102 Å². The van der Waals surface area contributed by atoms with E-state index in [0.717, 1.165) is 22.0 Å². The van der Waals surface area contributed by atoms with Crippen LogP contribution in [0.15, 0.2) is 34.9 Å². The molecular weight excluding hydrogens is 268 g/mol. The molecule has 0 saturated carbocycles. The van der Waals surface area contributed by atoms with Crippen molar-refractivity contribution in [1.29, 1.82) is 0 Å². The van der Waals surface area contributed by atoms with Gasteiger partial charge in [0.1, 0.15) is 0 Å². The molecule has 4 heteroatoms. The molecule has 0 unspecified atom stereocenters. The number of nitrogens with zero attached hydrogens (tertiary/aromatic N) is 2. The van der Waals surface area contributed by atoms with Gasteiger partial charge in [-0.3, -0.25) is 9.48 Å². The van der Waals surface area contributed by atoms with Gasteiger partial charge in [-0.15, -0.1) is 0 Å². The lowest BCUT2D eigenvalue weighted by Gasteiger charge is -2.04. The number of benzene rings is 1. The smallest absolute Gasteiger partial charge is 0.153 e. The maximum atomic E-state index is 10.7. The van der Waals surface area contributed by atoms with Gasteiger partial charge < -0.3 is 0 Å². The molecule has 1 aromatic heterocycles. The van der Waals surface area contributed by atoms with Crippen molar-refractivity contribution in [3.8, 4) is 0 Å². The second-order valence-electron chi connectivity index (χ2n) is 3.59. The molecule has 0 saturated heterocycles. The molecule has 0 aliphatic carbocycles. The number of aromatic nitrogens is 2. The fraction of sp³-hybridized carbons (Fsp3) is 0.167. The number of halogens is 1. The Morgan fingerprint density at radius 2 is 2.06 bits per heavy atom. The molecule has 2 rings (SSSR count). The maximum absolute atomic E-state index is 10.7. The SMILES string of the molecule is Cc1c(C=O)cnn1Cc1ccc(Br)cc1. The lowest BCUT2D eigenvalue weighted by atomic mass is 10.2. The quantitative estimate of drug-likeness (QED) is 0.810. The summed E-state index contributed by atoms with van der Waals surface area (Å²) in [5, 5.41) is 4.18. The van der Waals surface area contributed by atoms with Crippen molar-refractivity contribution in [1.82, 2.24) is 9.78 Å². The van der Waals surface area contributed by atoms with Gasteiger partial charge in [-0.25, -0.2) is 0 Å². The third-order valence-electron chi connectivity index (χ3n) is 2.51. The first kappa shape index (κ1) is 11.1. The van der Waals surface area contributed by atoms with Gasteiger partial charge in [-0.2, -0.15) is 5.10 Å². The zero-order valence-electron chi connectivity index (χ0n) is 8.85. The average Bonchev–Trinajstić information content (AvgIpc) is 2.63. The second-order valence-corrected chi connectivity index (χ2v) is 4.50. The van der Waals surface area contributed by atoms with Crippen LogP contribution in [-0.2, 0) is 6.54 Å². The van der Waals surface area contributed by atoms with Crippen LogP contribution in [0.5, 0.6) is 0 Å². The van der Waals surface area contributed by atoms with Crippen molar-refractivity contribution in [3.05, 3.63) is 51.8 Å². The zero-order valence-corrected chi connectivity index (χ0v) is 10.4. The summed E-state index contributed by atoms with van der Waals surface area (Å²) in [5.41, 5.74) is 2.71. The van der Waals surface area contributed by atoms with E-state index < -0.39 is 0 Å². The highest BCUT2D eigenvalue weighted by atomic mass is 79.9. The summed E-state index contributed by atoms with van der Waals surface area (Å²) in [4.78, 5) is 10.7. The molecule has 0 spiro atoms. The molecule has 0 atom stereocenters. The van der Waals surface area contributed by atoms with E-state index in [0.29, 0.717) is 12.1 Å². The van der Waals surface area contributed by atoms with Crippen LogP contribution in [0.1, 0.15) is 21.6 Å². The Hall–Kier alpha value is -1.42. The second kappa shape index (κ2) is 4.61. The summed E-state index contributed by atoms with van der Waals surface area (Å²) in [6, 6.07) is 8.06. The number of hydrogen-bond donors (Lipinski definition) is 0. The molecule has 2 aromatic rings. The lowest BCUT2D eigenvalue weighted by Crippen LogP contribution is -2.03. The Morgan fingerprint density at radius 3 is 2.62 bits per heavy atom. The van der Waals surface area contributed by atoms with Gasteiger partial charge in [0, 0.05) is 10.2 Å². The maximum Gasteiger partial charge on any atom is 0.153 e. The van der Waals surface area contributed by atoms with Gasteiger partial charge in [-0.05, 0) is 24.6 Å². The van der Waals surface area contributed by atoms with Crippen molar-refractivity contribution in [2.24, 2.45) is 0 Å². The number of carbonyl (C=O) groups excluding carboxylic acids is 1. The van der Waals surface area contributed by atoms with Gasteiger partial charge in [0.2, 0.25) is 0 Å². The topological polar surface area (TPSA) is 34.9 Å². The molecule has 16 heavy (non-hydrogen) atoms. The molecule has 0 amide bonds. The van der Waals surface area contributed by atoms with E-state index >= 15 is 0 Å². The normalized spacial score (nSPS) is 10.4. The summed E-state index contributed by atoms with van der Waals surface area (Å²) in [6.45, 7) is 2.59. The molecule has 1 heterocycles. The molecule has 82 valence electrons. The Balaban J connectivity index is 2.23. The van der Waals surface area contributed by atoms with E-state index in [2.05, 4.69) is 21.0 Å². The average molecular weight is 279 g/mol. The fourth-order valence-corrected chi connectivity index (χ4v) is 1.76. The van der Waals surface area contributed by atoms with Crippen molar-refractivity contribution >= 4 is 22.2 Å². The summed E-state index contributed by atoms with van der Waals surface area (Å²) in [7, 11) is 0. The molecule has 0 aliphatic rings. The first-order chi connectivity index (χ1) is 7.70. The summed E-state index contributed by atoms with van der Waals surface area (Å²) < 4.78 is 2.88. The van der Waals surface area contributed by atoms with Crippen molar-refractivity contribution in [2.45, 2.75) is 13.5 Å². The number of carbonyl (C=O) groups is 1. The minimum absolute atomic E-state index is 0.650. The van der Waals surface area contributed by atoms with Gasteiger partial charge in [0.25, 0.3) is 0 Å². The molecule has 0 N–H and O–H groups in total. The monoisotopic (exact) mass is 278 g/mol. The van der Waals surface area contributed by atoms with Crippen LogP contribution in [0.4, 0.5) is 0 Å². The predicted molar refractivity (Wildman–Crippen MR) is 65.6 cm³/mol. The highest BCUT2D eigenvalue weighted by Crippen LogP contribution is 2.13. The van der Waals surface area contributed by atoms with Crippen LogP contribution in [0, 0.1) is 6.92 Å². The summed E-state index contributed by atoms with van der Waals surface area (Å²) in [6.07, 6.45) is 2.43. The molecule has 3 nitrogen and oxygen atoms in total. The molecule has 0 bridgehead atoms. The molecule has 1 aromatic carbocycles. The Morgan fingerprint density at radius 1 is 1.38 bits per heavy atom. The van der Waals surface area contributed by atoms with Gasteiger partial charge in [0.15, 0.2) is 6.29 Å². The largest absolute Gasteiger partial charge is 0.298 e. The third kappa shape index (κ3) is 2.22. The van der Waals surface area contributed by atoms with Crippen LogP contribution in [0.3, 0.4) is 0 Å². The van der Waals surface area contributed by atoms with Gasteiger partial charge >= 0.3 is 0 Å². The number of rotatable bonds is 3. The predicted octanol–water partition coefficient (Wildman–Crippen LogP) is 2.81. The van der Waals surface area contributed by atoms with E-state index in [1.54, 1.807) is 6.20 Å². The number of hydrogen-bond acceptors (Lipinski definition) is 2. The van der Waals surface area contributed by atoms with E-state index in [1.807, 2.05) is 35.9 Å². The van der Waals surface area contributed by atoms with Crippen LogP contribution < -0.4 is 0 Å². The standard InChI is InChI=1S/C12H11BrN2O/c1-9-11(8-16)6-14-15(9)7-10-2-4-12(13)5-3-10/h2-6,8H,7H2,1H3. The lowest BCUT2D eigenvalue weighted by molar-refractivity contribution is 0.112. The fourth-order valence-electron chi connectivity index (χ4n) is 1.50. The molecule has 0 aliphatic heterocycles. The van der Waals surface area contributed by atoms with Crippen LogP contribution in [0.2, 0.25) is 0 Å². The third-order valence-corrected chi connectivity index (χ3v) is 3.04. The van der Waals surface area contributed by atoms with Crippen LogP contribution in [-0.4, -0.2) is 16.1 Å². The minimum Gasteiger partial charge on any atom is -0.298 e. The van der Waals surface area contributed by atoms with Gasteiger partial charge in [0.05, 0.1) is 18.3 Å². The summed E-state index contributed by atoms with van der Waals surface area (Å²) >= 11 is 3.39. The number of aldehydes is 1. The summed E-state index contributed by atoms with van der Waals surface area (Å²) in [5.74, 6) is 0.